The van der Waals surface area contributed by atoms with E-state index in [-0.39, 0.29) is 0 Å². The zero-order chi connectivity index (χ0) is 37.8. The normalized spacial score (nSPS) is 14.4. The zero-order valence-corrected chi connectivity index (χ0v) is 31.3. The van der Waals surface area contributed by atoms with Crippen LogP contribution in [-0.4, -0.2) is 0 Å². The number of benzene rings is 9. The van der Waals surface area contributed by atoms with E-state index in [0.29, 0.717) is 0 Å². The van der Waals surface area contributed by atoms with Crippen molar-refractivity contribution in [3.8, 4) is 33.4 Å². The minimum absolute atomic E-state index is 0.454. The van der Waals surface area contributed by atoms with E-state index in [1.165, 1.54) is 55.6 Å². The number of nitrogens with zero attached hydrogens (tertiary/aromatic N) is 2. The van der Waals surface area contributed by atoms with Gasteiger partial charge in [-0.3, -0.25) is 0 Å². The second kappa shape index (κ2) is 13.4. The van der Waals surface area contributed by atoms with Crippen molar-refractivity contribution < 1.29 is 0 Å². The second-order valence-corrected chi connectivity index (χ2v) is 14.9. The Morgan fingerprint density at radius 2 is 0.579 bits per heavy atom. The van der Waals surface area contributed by atoms with Gasteiger partial charge < -0.3 is 9.80 Å². The molecule has 2 aliphatic carbocycles. The van der Waals surface area contributed by atoms with E-state index in [4.69, 9.17) is 0 Å². The molecule has 2 heteroatoms. The van der Waals surface area contributed by atoms with Gasteiger partial charge in [0.1, 0.15) is 0 Å². The standard InChI is InChI=1S/C55H38N2/c1-5-18-39(19-6-1)40-20-17-27-44(36-40)57(43-25-11-4-12-26-43)46-33-35-54-50(38-46)48-29-14-16-31-52(48)55(54)51-30-15-13-28-47(51)49-37-45(32-34-53(49)55)56(41-21-7-2-8-22-41)42-23-9-3-10-24-42/h1-38H. The Morgan fingerprint density at radius 1 is 0.228 bits per heavy atom. The van der Waals surface area contributed by atoms with Gasteiger partial charge in [-0.25, -0.2) is 0 Å². The highest BCUT2D eigenvalue weighted by Gasteiger charge is 2.51. The fourth-order valence-corrected chi connectivity index (χ4v) is 9.48. The van der Waals surface area contributed by atoms with E-state index in [1.54, 1.807) is 0 Å². The Bertz CT molecular complexity index is 2860. The molecule has 0 saturated heterocycles. The van der Waals surface area contributed by atoms with Gasteiger partial charge in [0.05, 0.1) is 5.41 Å². The van der Waals surface area contributed by atoms with Crippen molar-refractivity contribution in [1.82, 2.24) is 0 Å². The van der Waals surface area contributed by atoms with Gasteiger partial charge in [0.15, 0.2) is 0 Å². The molecule has 0 bridgehead atoms. The van der Waals surface area contributed by atoms with Crippen LogP contribution in [0.4, 0.5) is 34.1 Å². The molecule has 57 heavy (non-hydrogen) atoms. The Balaban J connectivity index is 1.11. The molecule has 1 atom stereocenters. The molecular weight excluding hydrogens is 689 g/mol. The van der Waals surface area contributed by atoms with Crippen LogP contribution < -0.4 is 9.80 Å². The maximum Gasteiger partial charge on any atom is 0.0725 e. The molecule has 1 unspecified atom stereocenters. The molecular formula is C55H38N2. The Hall–Kier alpha value is -7.42. The summed E-state index contributed by atoms with van der Waals surface area (Å²) < 4.78 is 0. The van der Waals surface area contributed by atoms with Crippen molar-refractivity contribution >= 4 is 34.1 Å². The number of hydrogen-bond acceptors (Lipinski definition) is 2. The van der Waals surface area contributed by atoms with Crippen LogP contribution in [0.2, 0.25) is 0 Å². The first-order valence-corrected chi connectivity index (χ1v) is 19.7. The minimum atomic E-state index is -0.454. The monoisotopic (exact) mass is 726 g/mol. The largest absolute Gasteiger partial charge is 0.310 e. The fourth-order valence-electron chi connectivity index (χ4n) is 9.48. The molecule has 0 saturated carbocycles. The Morgan fingerprint density at radius 3 is 1.07 bits per heavy atom. The summed E-state index contributed by atoms with van der Waals surface area (Å²) in [7, 11) is 0. The molecule has 2 nitrogen and oxygen atoms in total. The van der Waals surface area contributed by atoms with Gasteiger partial charge in [-0.1, -0.05) is 158 Å². The van der Waals surface area contributed by atoms with Crippen LogP contribution in [0.25, 0.3) is 33.4 Å². The van der Waals surface area contributed by atoms with E-state index in [1.807, 2.05) is 0 Å². The lowest BCUT2D eigenvalue weighted by Crippen LogP contribution is -2.26. The van der Waals surface area contributed by atoms with Crippen LogP contribution in [-0.2, 0) is 5.41 Å². The van der Waals surface area contributed by atoms with Gasteiger partial charge in [-0.2, -0.15) is 0 Å². The van der Waals surface area contributed by atoms with Gasteiger partial charge in [0.25, 0.3) is 0 Å². The fraction of sp³-hybridized carbons (Fsp3) is 0.0182. The maximum atomic E-state index is 2.42. The Labute approximate surface area is 334 Å². The van der Waals surface area contributed by atoms with E-state index in [0.717, 1.165) is 34.1 Å². The van der Waals surface area contributed by atoms with Crippen molar-refractivity contribution in [2.45, 2.75) is 5.41 Å². The van der Waals surface area contributed by atoms with Crippen molar-refractivity contribution in [1.29, 1.82) is 0 Å². The molecule has 268 valence electrons. The molecule has 0 amide bonds. The summed E-state index contributed by atoms with van der Waals surface area (Å²) in [5.74, 6) is 0. The van der Waals surface area contributed by atoms with Crippen LogP contribution in [0.1, 0.15) is 22.3 Å². The first kappa shape index (κ1) is 33.0. The second-order valence-electron chi connectivity index (χ2n) is 14.9. The molecule has 1 spiro atoms. The van der Waals surface area contributed by atoms with E-state index < -0.39 is 5.41 Å². The third-order valence-corrected chi connectivity index (χ3v) is 11.8. The third kappa shape index (κ3) is 5.18. The van der Waals surface area contributed by atoms with Crippen LogP contribution in [0.15, 0.2) is 231 Å². The number of rotatable bonds is 7. The summed E-state index contributed by atoms with van der Waals surface area (Å²) in [5.41, 5.74) is 19.1. The molecule has 11 rings (SSSR count). The minimum Gasteiger partial charge on any atom is -0.310 e. The molecule has 0 aromatic heterocycles. The quantitative estimate of drug-likeness (QED) is 0.161. The lowest BCUT2D eigenvalue weighted by molar-refractivity contribution is 0.793. The molecule has 9 aromatic rings. The average Bonchev–Trinajstić information content (AvgIpc) is 3.75. The van der Waals surface area contributed by atoms with Gasteiger partial charge in [0.2, 0.25) is 0 Å². The smallest absolute Gasteiger partial charge is 0.0725 e. The van der Waals surface area contributed by atoms with Crippen molar-refractivity contribution in [2.24, 2.45) is 0 Å². The molecule has 2 aliphatic rings. The summed E-state index contributed by atoms with van der Waals surface area (Å²) in [4.78, 5) is 4.76. The molecule has 0 fully saturated rings. The SMILES string of the molecule is c1ccc(-c2cccc(N(c3ccccc3)c3ccc4c(c3)-c3ccccc3C43c4ccccc4-c4cc(N(c5ccccc5)c5ccccc5)ccc43)c2)cc1. The van der Waals surface area contributed by atoms with Crippen LogP contribution in [0, 0.1) is 0 Å². The molecule has 0 N–H and O–H groups in total. The molecule has 9 aromatic carbocycles. The predicted molar refractivity (Wildman–Crippen MR) is 238 cm³/mol. The number of fused-ring (bicyclic) bond motifs is 10. The first-order chi connectivity index (χ1) is 28.3. The summed E-state index contributed by atoms with van der Waals surface area (Å²) in [6, 6.07) is 84.1. The molecule has 0 heterocycles. The number of anilines is 6. The first-order valence-electron chi connectivity index (χ1n) is 19.7. The van der Waals surface area contributed by atoms with Crippen molar-refractivity contribution in [3.63, 3.8) is 0 Å². The maximum absolute atomic E-state index is 2.42. The number of para-hydroxylation sites is 3. The summed E-state index contributed by atoms with van der Waals surface area (Å²) in [5, 5.41) is 0. The summed E-state index contributed by atoms with van der Waals surface area (Å²) in [6.45, 7) is 0. The molecule has 0 radical (unpaired) electrons. The van der Waals surface area contributed by atoms with Gasteiger partial charge in [-0.15, -0.1) is 0 Å². The lowest BCUT2D eigenvalue weighted by Gasteiger charge is -2.32. The van der Waals surface area contributed by atoms with Gasteiger partial charge in [-0.05, 0) is 128 Å². The highest BCUT2D eigenvalue weighted by Crippen LogP contribution is 2.63. The van der Waals surface area contributed by atoms with Crippen molar-refractivity contribution in [2.75, 3.05) is 9.80 Å². The van der Waals surface area contributed by atoms with Crippen LogP contribution in [0.5, 0.6) is 0 Å². The summed E-state index contributed by atoms with van der Waals surface area (Å²) in [6.07, 6.45) is 0. The average molecular weight is 727 g/mol. The Kier molecular flexibility index (Phi) is 7.75. The highest BCUT2D eigenvalue weighted by atomic mass is 15.1. The lowest BCUT2D eigenvalue weighted by atomic mass is 9.70. The third-order valence-electron chi connectivity index (χ3n) is 11.8. The van der Waals surface area contributed by atoms with E-state index >= 15 is 0 Å². The van der Waals surface area contributed by atoms with E-state index in [9.17, 15) is 0 Å². The van der Waals surface area contributed by atoms with Gasteiger partial charge in [0, 0.05) is 34.1 Å². The highest BCUT2D eigenvalue weighted by molar-refractivity contribution is 5.98. The van der Waals surface area contributed by atoms with E-state index in [2.05, 4.69) is 240 Å². The van der Waals surface area contributed by atoms with Crippen LogP contribution in [0.3, 0.4) is 0 Å². The van der Waals surface area contributed by atoms with Crippen LogP contribution >= 0.6 is 0 Å². The molecule has 0 aliphatic heterocycles. The number of hydrogen-bond donors (Lipinski definition) is 0. The van der Waals surface area contributed by atoms with Gasteiger partial charge >= 0.3 is 0 Å². The summed E-state index contributed by atoms with van der Waals surface area (Å²) >= 11 is 0. The zero-order valence-electron chi connectivity index (χ0n) is 31.3. The van der Waals surface area contributed by atoms with Crippen molar-refractivity contribution in [3.05, 3.63) is 253 Å². The topological polar surface area (TPSA) is 6.48 Å². The predicted octanol–water partition coefficient (Wildman–Crippen LogP) is 14.6.